The molecule has 0 bridgehead atoms. The highest BCUT2D eigenvalue weighted by Crippen LogP contribution is 2.21. The highest BCUT2D eigenvalue weighted by molar-refractivity contribution is 5.08. The second kappa shape index (κ2) is 7.34. The van der Waals surface area contributed by atoms with Gasteiger partial charge in [0.1, 0.15) is 0 Å². The first-order chi connectivity index (χ1) is 10.3. The predicted molar refractivity (Wildman–Crippen MR) is 83.9 cm³/mol. The molecule has 4 nitrogen and oxygen atoms in total. The molecule has 2 N–H and O–H groups in total. The van der Waals surface area contributed by atoms with Crippen LogP contribution in [0.1, 0.15) is 44.1 Å². The first-order valence-corrected chi connectivity index (χ1v) is 8.36. The predicted octanol–water partition coefficient (Wildman–Crippen LogP) is 1.94. The van der Waals surface area contributed by atoms with Crippen molar-refractivity contribution in [1.82, 2.24) is 15.2 Å². The van der Waals surface area contributed by atoms with E-state index in [2.05, 4.69) is 21.3 Å². The molecular weight excluding hydrogens is 262 g/mol. The Morgan fingerprint density at radius 1 is 1.19 bits per heavy atom. The number of hydrogen-bond donors (Lipinski definition) is 2. The van der Waals surface area contributed by atoms with Crippen LogP contribution in [0.4, 0.5) is 0 Å². The minimum Gasteiger partial charge on any atom is -0.392 e. The molecule has 2 aliphatic rings. The molecule has 0 amide bonds. The summed E-state index contributed by atoms with van der Waals surface area (Å²) in [5.41, 5.74) is 1.30. The molecule has 4 heteroatoms. The molecule has 0 radical (unpaired) electrons. The Morgan fingerprint density at radius 3 is 2.71 bits per heavy atom. The molecule has 1 aliphatic carbocycles. The number of nitrogens with one attached hydrogen (secondary N) is 1. The third kappa shape index (κ3) is 4.25. The Balaban J connectivity index is 1.42. The lowest BCUT2D eigenvalue weighted by Crippen LogP contribution is -2.50. The van der Waals surface area contributed by atoms with Crippen molar-refractivity contribution in [3.05, 3.63) is 30.1 Å². The number of pyridine rings is 1. The third-order valence-electron chi connectivity index (χ3n) is 4.90. The second-order valence-corrected chi connectivity index (χ2v) is 6.54. The Bertz CT molecular complexity index is 417. The molecule has 21 heavy (non-hydrogen) atoms. The van der Waals surface area contributed by atoms with Crippen LogP contribution in [-0.4, -0.2) is 46.3 Å². The topological polar surface area (TPSA) is 48.4 Å². The van der Waals surface area contributed by atoms with Gasteiger partial charge in [-0.05, 0) is 50.4 Å². The molecule has 1 aromatic heterocycles. The highest BCUT2D eigenvalue weighted by atomic mass is 16.3. The van der Waals surface area contributed by atoms with Gasteiger partial charge >= 0.3 is 0 Å². The van der Waals surface area contributed by atoms with Crippen molar-refractivity contribution >= 4 is 0 Å². The third-order valence-corrected chi connectivity index (χ3v) is 4.90. The molecule has 2 fully saturated rings. The number of aliphatic hydroxyl groups excluding tert-OH is 1. The van der Waals surface area contributed by atoms with Crippen LogP contribution in [0.3, 0.4) is 0 Å². The van der Waals surface area contributed by atoms with Gasteiger partial charge in [-0.2, -0.15) is 0 Å². The summed E-state index contributed by atoms with van der Waals surface area (Å²) in [4.78, 5) is 6.69. The van der Waals surface area contributed by atoms with E-state index in [9.17, 15) is 5.11 Å². The van der Waals surface area contributed by atoms with Crippen LogP contribution in [0.5, 0.6) is 0 Å². The fraction of sp³-hybridized carbons (Fsp3) is 0.706. The molecular formula is C17H27N3O. The summed E-state index contributed by atoms with van der Waals surface area (Å²) >= 11 is 0. The van der Waals surface area contributed by atoms with Crippen LogP contribution >= 0.6 is 0 Å². The largest absolute Gasteiger partial charge is 0.392 e. The molecule has 0 spiro atoms. The Hall–Kier alpha value is -0.970. The molecule has 1 saturated carbocycles. The number of piperidine rings is 1. The van der Waals surface area contributed by atoms with Crippen molar-refractivity contribution in [2.45, 2.75) is 63.3 Å². The minimum absolute atomic E-state index is 0.132. The Kier molecular flexibility index (Phi) is 5.22. The average Bonchev–Trinajstić information content (AvgIpc) is 2.52. The van der Waals surface area contributed by atoms with Crippen LogP contribution in [0, 0.1) is 0 Å². The van der Waals surface area contributed by atoms with E-state index in [1.807, 2.05) is 18.5 Å². The fourth-order valence-electron chi connectivity index (χ4n) is 3.62. The van der Waals surface area contributed by atoms with Gasteiger partial charge < -0.3 is 10.4 Å². The summed E-state index contributed by atoms with van der Waals surface area (Å²) in [6.45, 7) is 3.28. The summed E-state index contributed by atoms with van der Waals surface area (Å²) in [5.74, 6) is 0. The summed E-state index contributed by atoms with van der Waals surface area (Å²) in [6.07, 6.45) is 10.6. The SMILES string of the molecule is OC1CCCCC1NC1CCN(Cc2cccnc2)CC1. The van der Waals surface area contributed by atoms with Crippen LogP contribution < -0.4 is 5.32 Å². The lowest BCUT2D eigenvalue weighted by atomic mass is 9.91. The van der Waals surface area contributed by atoms with Crippen molar-refractivity contribution in [2.75, 3.05) is 13.1 Å². The summed E-state index contributed by atoms with van der Waals surface area (Å²) < 4.78 is 0. The van der Waals surface area contributed by atoms with E-state index in [-0.39, 0.29) is 6.10 Å². The Morgan fingerprint density at radius 2 is 2.00 bits per heavy atom. The molecule has 2 atom stereocenters. The van der Waals surface area contributed by atoms with Gasteiger partial charge in [-0.3, -0.25) is 9.88 Å². The van der Waals surface area contributed by atoms with E-state index in [0.717, 1.165) is 32.5 Å². The quantitative estimate of drug-likeness (QED) is 0.889. The molecule has 0 aromatic carbocycles. The van der Waals surface area contributed by atoms with Crippen LogP contribution in [-0.2, 0) is 6.54 Å². The molecule has 2 unspecified atom stereocenters. The van der Waals surface area contributed by atoms with Crippen molar-refractivity contribution < 1.29 is 5.11 Å². The molecule has 1 aromatic rings. The smallest absolute Gasteiger partial charge is 0.0693 e. The van der Waals surface area contributed by atoms with Gasteiger partial charge in [-0.25, -0.2) is 0 Å². The standard InChI is InChI=1S/C17H27N3O/c21-17-6-2-1-5-16(17)19-15-7-10-20(11-8-15)13-14-4-3-9-18-12-14/h3-4,9,12,15-17,19,21H,1-2,5-8,10-11,13H2. The van der Waals surface area contributed by atoms with Crippen molar-refractivity contribution in [1.29, 1.82) is 0 Å². The van der Waals surface area contributed by atoms with E-state index in [1.54, 1.807) is 0 Å². The number of nitrogens with zero attached hydrogens (tertiary/aromatic N) is 2. The van der Waals surface area contributed by atoms with Gasteiger partial charge in [0, 0.05) is 31.0 Å². The van der Waals surface area contributed by atoms with Gasteiger partial charge in [-0.1, -0.05) is 18.9 Å². The molecule has 3 rings (SSSR count). The minimum atomic E-state index is -0.132. The van der Waals surface area contributed by atoms with Crippen LogP contribution in [0.2, 0.25) is 0 Å². The highest BCUT2D eigenvalue weighted by Gasteiger charge is 2.27. The zero-order valence-electron chi connectivity index (χ0n) is 12.7. The van der Waals surface area contributed by atoms with Gasteiger partial charge in [0.2, 0.25) is 0 Å². The lowest BCUT2D eigenvalue weighted by Gasteiger charge is -2.37. The normalized spacial score (nSPS) is 28.6. The first-order valence-electron chi connectivity index (χ1n) is 8.36. The maximum Gasteiger partial charge on any atom is 0.0693 e. The maximum atomic E-state index is 10.1. The Labute approximate surface area is 127 Å². The zero-order chi connectivity index (χ0) is 14.5. The van der Waals surface area contributed by atoms with E-state index in [4.69, 9.17) is 0 Å². The van der Waals surface area contributed by atoms with Crippen molar-refractivity contribution in [3.8, 4) is 0 Å². The fourth-order valence-corrected chi connectivity index (χ4v) is 3.62. The van der Waals surface area contributed by atoms with Crippen molar-refractivity contribution in [2.24, 2.45) is 0 Å². The molecule has 1 saturated heterocycles. The van der Waals surface area contributed by atoms with E-state index in [1.165, 1.54) is 31.2 Å². The zero-order valence-corrected chi connectivity index (χ0v) is 12.7. The van der Waals surface area contributed by atoms with Crippen molar-refractivity contribution in [3.63, 3.8) is 0 Å². The summed E-state index contributed by atoms with van der Waals surface area (Å²) in [7, 11) is 0. The maximum absolute atomic E-state index is 10.1. The summed E-state index contributed by atoms with van der Waals surface area (Å²) in [6, 6.07) is 5.06. The monoisotopic (exact) mass is 289 g/mol. The molecule has 2 heterocycles. The van der Waals surface area contributed by atoms with Gasteiger partial charge in [0.05, 0.1) is 6.10 Å². The first kappa shape index (κ1) is 14.9. The average molecular weight is 289 g/mol. The molecule has 116 valence electrons. The van der Waals surface area contributed by atoms with E-state index < -0.39 is 0 Å². The van der Waals surface area contributed by atoms with Gasteiger partial charge in [0.15, 0.2) is 0 Å². The van der Waals surface area contributed by atoms with Gasteiger partial charge in [0.25, 0.3) is 0 Å². The lowest BCUT2D eigenvalue weighted by molar-refractivity contribution is 0.0759. The van der Waals surface area contributed by atoms with Crippen LogP contribution in [0.25, 0.3) is 0 Å². The van der Waals surface area contributed by atoms with E-state index >= 15 is 0 Å². The number of likely N-dealkylation sites (tertiary alicyclic amines) is 1. The number of hydrogen-bond acceptors (Lipinski definition) is 4. The van der Waals surface area contributed by atoms with E-state index in [0.29, 0.717) is 12.1 Å². The van der Waals surface area contributed by atoms with Gasteiger partial charge in [-0.15, -0.1) is 0 Å². The second-order valence-electron chi connectivity index (χ2n) is 6.54. The number of aromatic nitrogens is 1. The molecule has 1 aliphatic heterocycles. The number of rotatable bonds is 4. The number of aliphatic hydroxyl groups is 1. The summed E-state index contributed by atoms with van der Waals surface area (Å²) in [5, 5.41) is 13.8. The van der Waals surface area contributed by atoms with Crippen LogP contribution in [0.15, 0.2) is 24.5 Å².